The number of ether oxygens (including phenoxy) is 1. The molecule has 0 atom stereocenters. The van der Waals surface area contributed by atoms with Crippen molar-refractivity contribution in [1.29, 1.82) is 0 Å². The SMILES string of the molecule is Cc1ccc(NC(=O)Cn2c(CN3CCOCC3)nc3sc4c(c3c2=O)CCCC4)cc1C. The highest BCUT2D eigenvalue weighted by Gasteiger charge is 2.24. The molecule has 1 fully saturated rings. The van der Waals surface area contributed by atoms with E-state index in [4.69, 9.17) is 9.72 Å². The second-order valence-corrected chi connectivity index (χ2v) is 10.1. The minimum absolute atomic E-state index is 0.0427. The van der Waals surface area contributed by atoms with Gasteiger partial charge in [0.15, 0.2) is 0 Å². The van der Waals surface area contributed by atoms with Crippen LogP contribution in [0.3, 0.4) is 0 Å². The van der Waals surface area contributed by atoms with Crippen LogP contribution in [0.25, 0.3) is 10.2 Å². The number of thiophene rings is 1. The summed E-state index contributed by atoms with van der Waals surface area (Å²) in [6.45, 7) is 7.49. The summed E-state index contributed by atoms with van der Waals surface area (Å²) < 4.78 is 7.07. The third-order valence-corrected chi connectivity index (χ3v) is 7.90. The Bertz CT molecular complexity index is 1260. The smallest absolute Gasteiger partial charge is 0.263 e. The number of aryl methyl sites for hydroxylation is 4. The number of benzene rings is 1. The summed E-state index contributed by atoms with van der Waals surface area (Å²) in [4.78, 5) is 36.0. The zero-order valence-electron chi connectivity index (χ0n) is 19.3. The molecule has 1 saturated heterocycles. The molecule has 8 heteroatoms. The number of nitrogens with one attached hydrogen (secondary N) is 1. The van der Waals surface area contributed by atoms with Crippen molar-refractivity contribution >= 4 is 33.1 Å². The average molecular weight is 467 g/mol. The van der Waals surface area contributed by atoms with Crippen LogP contribution >= 0.6 is 11.3 Å². The van der Waals surface area contributed by atoms with Crippen molar-refractivity contribution in [2.24, 2.45) is 0 Å². The molecule has 2 aromatic heterocycles. The number of hydrogen-bond acceptors (Lipinski definition) is 6. The molecule has 1 aromatic carbocycles. The Labute approximate surface area is 197 Å². The van der Waals surface area contributed by atoms with Gasteiger partial charge in [0.25, 0.3) is 5.56 Å². The highest BCUT2D eigenvalue weighted by molar-refractivity contribution is 7.18. The summed E-state index contributed by atoms with van der Waals surface area (Å²) in [7, 11) is 0. The largest absolute Gasteiger partial charge is 0.379 e. The van der Waals surface area contributed by atoms with E-state index >= 15 is 0 Å². The standard InChI is InChI=1S/C25H30N4O3S/c1-16-7-8-18(13-17(16)2)26-22(30)15-29-21(14-28-9-11-32-12-10-28)27-24-23(25(29)31)19-5-3-4-6-20(19)33-24/h7-8,13H,3-6,9-12,14-15H2,1-2H3,(H,26,30). The van der Waals surface area contributed by atoms with Crippen molar-refractivity contribution < 1.29 is 9.53 Å². The summed E-state index contributed by atoms with van der Waals surface area (Å²) in [5.74, 6) is 0.442. The first-order valence-corrected chi connectivity index (χ1v) is 12.5. The van der Waals surface area contributed by atoms with E-state index < -0.39 is 0 Å². The summed E-state index contributed by atoms with van der Waals surface area (Å²) in [5, 5.41) is 3.68. The van der Waals surface area contributed by atoms with E-state index in [-0.39, 0.29) is 18.0 Å². The number of morpholine rings is 1. The van der Waals surface area contributed by atoms with E-state index in [1.807, 2.05) is 32.0 Å². The molecular formula is C25H30N4O3S. The molecule has 1 aliphatic heterocycles. The molecule has 5 rings (SSSR count). The fraction of sp³-hybridized carbons (Fsp3) is 0.480. The molecule has 7 nitrogen and oxygen atoms in total. The topological polar surface area (TPSA) is 76.5 Å². The van der Waals surface area contributed by atoms with Crippen LogP contribution in [0.1, 0.15) is 40.2 Å². The maximum atomic E-state index is 13.7. The van der Waals surface area contributed by atoms with E-state index in [9.17, 15) is 9.59 Å². The van der Waals surface area contributed by atoms with E-state index in [1.165, 1.54) is 10.4 Å². The van der Waals surface area contributed by atoms with Gasteiger partial charge in [-0.2, -0.15) is 0 Å². The van der Waals surface area contributed by atoms with E-state index in [0.29, 0.717) is 25.6 Å². The first-order chi connectivity index (χ1) is 16.0. The molecule has 2 aliphatic rings. The number of rotatable bonds is 5. The van der Waals surface area contributed by atoms with Crippen molar-refractivity contribution in [3.8, 4) is 0 Å². The van der Waals surface area contributed by atoms with Gasteiger partial charge in [0.05, 0.1) is 25.1 Å². The van der Waals surface area contributed by atoms with Crippen LogP contribution in [0.5, 0.6) is 0 Å². The third-order valence-electron chi connectivity index (χ3n) is 6.72. The molecule has 1 amide bonds. The molecule has 3 aromatic rings. The Morgan fingerprint density at radius 3 is 2.73 bits per heavy atom. The van der Waals surface area contributed by atoms with Crippen LogP contribution in [-0.2, 0) is 35.5 Å². The molecule has 0 unspecified atom stereocenters. The Morgan fingerprint density at radius 1 is 1.15 bits per heavy atom. The van der Waals surface area contributed by atoms with Crippen LogP contribution in [0.2, 0.25) is 0 Å². The molecule has 0 saturated carbocycles. The van der Waals surface area contributed by atoms with Gasteiger partial charge in [0.2, 0.25) is 5.91 Å². The predicted octanol–water partition coefficient (Wildman–Crippen LogP) is 3.42. The van der Waals surface area contributed by atoms with Gasteiger partial charge in [-0.25, -0.2) is 4.98 Å². The minimum Gasteiger partial charge on any atom is -0.379 e. The number of anilines is 1. The monoisotopic (exact) mass is 466 g/mol. The zero-order valence-corrected chi connectivity index (χ0v) is 20.1. The highest BCUT2D eigenvalue weighted by Crippen LogP contribution is 2.34. The van der Waals surface area contributed by atoms with Crippen molar-refractivity contribution in [2.45, 2.75) is 52.6 Å². The molecule has 1 aliphatic carbocycles. The van der Waals surface area contributed by atoms with E-state index in [1.54, 1.807) is 15.9 Å². The summed E-state index contributed by atoms with van der Waals surface area (Å²) in [5.41, 5.74) is 4.10. The van der Waals surface area contributed by atoms with Crippen LogP contribution in [0.15, 0.2) is 23.0 Å². The molecular weight excluding hydrogens is 436 g/mol. The number of aromatic nitrogens is 2. The van der Waals surface area contributed by atoms with Gasteiger partial charge < -0.3 is 10.1 Å². The highest BCUT2D eigenvalue weighted by atomic mass is 32.1. The summed E-state index contributed by atoms with van der Waals surface area (Å²) in [6.07, 6.45) is 4.19. The number of hydrogen-bond donors (Lipinski definition) is 1. The molecule has 174 valence electrons. The number of fused-ring (bicyclic) bond motifs is 3. The molecule has 0 bridgehead atoms. The van der Waals surface area contributed by atoms with Crippen LogP contribution in [-0.4, -0.2) is 46.7 Å². The quantitative estimate of drug-likeness (QED) is 0.624. The Morgan fingerprint density at radius 2 is 1.94 bits per heavy atom. The molecule has 0 spiro atoms. The molecule has 33 heavy (non-hydrogen) atoms. The number of nitrogens with zero attached hydrogens (tertiary/aromatic N) is 3. The second kappa shape index (κ2) is 9.37. The number of amides is 1. The van der Waals surface area contributed by atoms with Gasteiger partial charge in [-0.3, -0.25) is 19.1 Å². The molecule has 1 N–H and O–H groups in total. The average Bonchev–Trinajstić information content (AvgIpc) is 3.18. The molecule has 0 radical (unpaired) electrons. The predicted molar refractivity (Wildman–Crippen MR) is 131 cm³/mol. The number of carbonyl (C=O) groups is 1. The van der Waals surface area contributed by atoms with Crippen molar-refractivity contribution in [3.05, 3.63) is 55.9 Å². The maximum absolute atomic E-state index is 13.7. The lowest BCUT2D eigenvalue weighted by Crippen LogP contribution is -2.39. The van der Waals surface area contributed by atoms with Gasteiger partial charge in [0.1, 0.15) is 17.2 Å². The lowest BCUT2D eigenvalue weighted by atomic mass is 9.97. The van der Waals surface area contributed by atoms with Gasteiger partial charge in [0, 0.05) is 23.7 Å². The normalized spacial score (nSPS) is 16.7. The lowest BCUT2D eigenvalue weighted by molar-refractivity contribution is -0.116. The first kappa shape index (κ1) is 22.3. The van der Waals surface area contributed by atoms with E-state index in [0.717, 1.165) is 65.8 Å². The Kier molecular flexibility index (Phi) is 6.32. The fourth-order valence-electron chi connectivity index (χ4n) is 4.69. The second-order valence-electron chi connectivity index (χ2n) is 9.05. The van der Waals surface area contributed by atoms with Gasteiger partial charge in [-0.1, -0.05) is 6.07 Å². The van der Waals surface area contributed by atoms with Crippen molar-refractivity contribution in [1.82, 2.24) is 14.5 Å². The van der Waals surface area contributed by atoms with Gasteiger partial charge >= 0.3 is 0 Å². The van der Waals surface area contributed by atoms with Crippen LogP contribution in [0.4, 0.5) is 5.69 Å². The molecule has 3 heterocycles. The van der Waals surface area contributed by atoms with Crippen LogP contribution in [0, 0.1) is 13.8 Å². The Balaban J connectivity index is 1.50. The first-order valence-electron chi connectivity index (χ1n) is 11.7. The van der Waals surface area contributed by atoms with Crippen LogP contribution < -0.4 is 10.9 Å². The summed E-state index contributed by atoms with van der Waals surface area (Å²) in [6, 6.07) is 5.85. The summed E-state index contributed by atoms with van der Waals surface area (Å²) >= 11 is 1.66. The van der Waals surface area contributed by atoms with E-state index in [2.05, 4.69) is 10.2 Å². The maximum Gasteiger partial charge on any atom is 0.263 e. The Hall–Kier alpha value is -2.55. The van der Waals surface area contributed by atoms with Gasteiger partial charge in [-0.15, -0.1) is 11.3 Å². The minimum atomic E-state index is -0.214. The number of carbonyl (C=O) groups excluding carboxylic acids is 1. The zero-order chi connectivity index (χ0) is 22.9. The van der Waals surface area contributed by atoms with Crippen molar-refractivity contribution in [3.63, 3.8) is 0 Å². The fourth-order valence-corrected chi connectivity index (χ4v) is 5.96. The third kappa shape index (κ3) is 4.60. The lowest BCUT2D eigenvalue weighted by Gasteiger charge is -2.27. The van der Waals surface area contributed by atoms with Crippen molar-refractivity contribution in [2.75, 3.05) is 31.6 Å². The van der Waals surface area contributed by atoms with Gasteiger partial charge in [-0.05, 0) is 68.4 Å².